The van der Waals surface area contributed by atoms with Crippen molar-refractivity contribution in [2.75, 3.05) is 25.5 Å². The Bertz CT molecular complexity index is 476. The molecule has 2 rings (SSSR count). The van der Waals surface area contributed by atoms with Crippen LogP contribution >= 0.6 is 0 Å². The van der Waals surface area contributed by atoms with Gasteiger partial charge in [-0.2, -0.15) is 0 Å². The van der Waals surface area contributed by atoms with Crippen LogP contribution in [0.25, 0.3) is 0 Å². The van der Waals surface area contributed by atoms with E-state index < -0.39 is 0 Å². The molecule has 1 saturated heterocycles. The minimum Gasteiger partial charge on any atom is -0.497 e. The van der Waals surface area contributed by atoms with Crippen molar-refractivity contribution >= 4 is 17.5 Å². The number of amides is 2. The lowest BCUT2D eigenvalue weighted by Gasteiger charge is -2.11. The van der Waals surface area contributed by atoms with Crippen LogP contribution in [0.15, 0.2) is 24.3 Å². The second-order valence-corrected chi connectivity index (χ2v) is 4.37. The van der Waals surface area contributed by atoms with E-state index in [1.165, 1.54) is 0 Å². The molecule has 0 aromatic heterocycles. The van der Waals surface area contributed by atoms with Gasteiger partial charge in [-0.1, -0.05) is 6.07 Å². The van der Waals surface area contributed by atoms with Crippen LogP contribution in [-0.4, -0.2) is 38.1 Å². The monoisotopic (exact) mass is 263 g/mol. The van der Waals surface area contributed by atoms with E-state index >= 15 is 0 Å². The molecule has 1 fully saturated rings. The highest BCUT2D eigenvalue weighted by Crippen LogP contribution is 2.16. The van der Waals surface area contributed by atoms with Gasteiger partial charge in [-0.15, -0.1) is 0 Å². The number of ether oxygens (including phenoxy) is 1. The summed E-state index contributed by atoms with van der Waals surface area (Å²) in [6.45, 7) is 0.752. The molecule has 0 bridgehead atoms. The first-order chi connectivity index (χ1) is 9.17. The molecule has 102 valence electrons. The summed E-state index contributed by atoms with van der Waals surface area (Å²) < 4.78 is 5.08. The average Bonchev–Trinajstić information content (AvgIpc) is 2.82. The van der Waals surface area contributed by atoms with E-state index in [0.29, 0.717) is 24.4 Å². The molecule has 0 radical (unpaired) electrons. The Balaban J connectivity index is 1.78. The molecular formula is C13H17N3O3. The molecule has 6 nitrogen and oxygen atoms in total. The molecule has 6 heteroatoms. The third kappa shape index (κ3) is 3.96. The van der Waals surface area contributed by atoms with E-state index in [-0.39, 0.29) is 24.4 Å². The van der Waals surface area contributed by atoms with Crippen LogP contribution in [0.2, 0.25) is 0 Å². The maximum Gasteiger partial charge on any atom is 0.238 e. The number of carbonyl (C=O) groups is 2. The first kappa shape index (κ1) is 13.4. The van der Waals surface area contributed by atoms with Crippen LogP contribution in [0, 0.1) is 0 Å². The van der Waals surface area contributed by atoms with E-state index in [2.05, 4.69) is 16.0 Å². The SMILES string of the molecule is COc1cccc(NC(=O)CNC2CNC(=O)C2)c1. The van der Waals surface area contributed by atoms with E-state index in [0.717, 1.165) is 0 Å². The molecule has 1 aromatic carbocycles. The predicted molar refractivity (Wildman–Crippen MR) is 71.0 cm³/mol. The van der Waals surface area contributed by atoms with Crippen molar-refractivity contribution in [3.8, 4) is 5.75 Å². The first-order valence-corrected chi connectivity index (χ1v) is 6.11. The number of methoxy groups -OCH3 is 1. The maximum absolute atomic E-state index is 11.7. The van der Waals surface area contributed by atoms with Crippen molar-refractivity contribution in [3.63, 3.8) is 0 Å². The number of anilines is 1. The van der Waals surface area contributed by atoms with Crippen LogP contribution in [0.3, 0.4) is 0 Å². The lowest BCUT2D eigenvalue weighted by Crippen LogP contribution is -2.37. The fraction of sp³-hybridized carbons (Fsp3) is 0.385. The average molecular weight is 263 g/mol. The molecule has 3 N–H and O–H groups in total. The molecule has 0 aliphatic carbocycles. The molecule has 1 unspecified atom stereocenters. The maximum atomic E-state index is 11.7. The smallest absolute Gasteiger partial charge is 0.238 e. The predicted octanol–water partition coefficient (Wildman–Crippen LogP) is 0.112. The molecular weight excluding hydrogens is 246 g/mol. The zero-order chi connectivity index (χ0) is 13.7. The summed E-state index contributed by atoms with van der Waals surface area (Å²) in [7, 11) is 1.58. The van der Waals surface area contributed by atoms with Crippen LogP contribution in [0.5, 0.6) is 5.75 Å². The van der Waals surface area contributed by atoms with Gasteiger partial charge in [-0.25, -0.2) is 0 Å². The van der Waals surface area contributed by atoms with Gasteiger partial charge in [-0.3, -0.25) is 9.59 Å². The number of hydrogen-bond acceptors (Lipinski definition) is 4. The van der Waals surface area contributed by atoms with Gasteiger partial charge in [0.05, 0.1) is 13.7 Å². The Morgan fingerprint density at radius 1 is 1.53 bits per heavy atom. The fourth-order valence-corrected chi connectivity index (χ4v) is 1.89. The molecule has 1 atom stereocenters. The van der Waals surface area contributed by atoms with Gasteiger partial charge in [0.25, 0.3) is 0 Å². The van der Waals surface area contributed by atoms with E-state index in [4.69, 9.17) is 4.74 Å². The molecule has 1 aliphatic rings. The molecule has 0 spiro atoms. The highest BCUT2D eigenvalue weighted by molar-refractivity contribution is 5.92. The summed E-state index contributed by atoms with van der Waals surface area (Å²) in [5, 5.41) is 8.51. The number of hydrogen-bond donors (Lipinski definition) is 3. The summed E-state index contributed by atoms with van der Waals surface area (Å²) in [5.74, 6) is 0.564. The number of nitrogens with one attached hydrogen (secondary N) is 3. The Kier molecular flexibility index (Phi) is 4.35. The normalized spacial score (nSPS) is 17.9. The minimum absolute atomic E-state index is 0.0192. The Labute approximate surface area is 111 Å². The van der Waals surface area contributed by atoms with Crippen LogP contribution in [0.4, 0.5) is 5.69 Å². The Morgan fingerprint density at radius 3 is 3.05 bits per heavy atom. The van der Waals surface area contributed by atoms with Gasteiger partial charge in [0.15, 0.2) is 0 Å². The molecule has 1 aromatic rings. The zero-order valence-electron chi connectivity index (χ0n) is 10.7. The van der Waals surface area contributed by atoms with Crippen LogP contribution in [-0.2, 0) is 9.59 Å². The topological polar surface area (TPSA) is 79.5 Å². The minimum atomic E-state index is -0.146. The number of benzene rings is 1. The third-order valence-electron chi connectivity index (χ3n) is 2.88. The van der Waals surface area contributed by atoms with Crippen molar-refractivity contribution in [1.29, 1.82) is 0 Å². The highest BCUT2D eigenvalue weighted by atomic mass is 16.5. The Hall–Kier alpha value is -2.08. The molecule has 2 amide bonds. The van der Waals surface area contributed by atoms with E-state index in [1.807, 2.05) is 6.07 Å². The van der Waals surface area contributed by atoms with Crippen molar-refractivity contribution in [3.05, 3.63) is 24.3 Å². The van der Waals surface area contributed by atoms with Gasteiger partial charge in [0.2, 0.25) is 11.8 Å². The second kappa shape index (κ2) is 6.19. The molecule has 19 heavy (non-hydrogen) atoms. The van der Waals surface area contributed by atoms with Crippen molar-refractivity contribution in [2.24, 2.45) is 0 Å². The number of carbonyl (C=O) groups excluding carboxylic acids is 2. The number of rotatable bonds is 5. The van der Waals surface area contributed by atoms with Gasteiger partial charge < -0.3 is 20.7 Å². The van der Waals surface area contributed by atoms with E-state index in [9.17, 15) is 9.59 Å². The summed E-state index contributed by atoms with van der Waals surface area (Å²) in [4.78, 5) is 22.7. The quantitative estimate of drug-likeness (QED) is 0.704. The fourth-order valence-electron chi connectivity index (χ4n) is 1.89. The highest BCUT2D eigenvalue weighted by Gasteiger charge is 2.21. The first-order valence-electron chi connectivity index (χ1n) is 6.11. The lowest BCUT2D eigenvalue weighted by atomic mass is 10.2. The van der Waals surface area contributed by atoms with Gasteiger partial charge in [-0.05, 0) is 12.1 Å². The molecule has 1 aliphatic heterocycles. The molecule has 1 heterocycles. The standard InChI is InChI=1S/C13H17N3O3/c1-19-11-4-2-3-9(5-11)16-13(18)8-14-10-6-12(17)15-7-10/h2-5,10,14H,6-8H2,1H3,(H,15,17)(H,16,18). The molecule has 0 saturated carbocycles. The van der Waals surface area contributed by atoms with Crippen LogP contribution in [0.1, 0.15) is 6.42 Å². The van der Waals surface area contributed by atoms with Gasteiger partial charge in [0.1, 0.15) is 5.75 Å². The Morgan fingerprint density at radius 2 is 2.37 bits per heavy atom. The second-order valence-electron chi connectivity index (χ2n) is 4.37. The third-order valence-corrected chi connectivity index (χ3v) is 2.88. The van der Waals surface area contributed by atoms with Crippen molar-refractivity contribution < 1.29 is 14.3 Å². The van der Waals surface area contributed by atoms with Crippen LogP contribution < -0.4 is 20.7 Å². The largest absolute Gasteiger partial charge is 0.497 e. The van der Waals surface area contributed by atoms with Crippen molar-refractivity contribution in [1.82, 2.24) is 10.6 Å². The van der Waals surface area contributed by atoms with Gasteiger partial charge >= 0.3 is 0 Å². The summed E-state index contributed by atoms with van der Waals surface area (Å²) >= 11 is 0. The zero-order valence-corrected chi connectivity index (χ0v) is 10.7. The summed E-state index contributed by atoms with van der Waals surface area (Å²) in [6.07, 6.45) is 0.423. The van der Waals surface area contributed by atoms with Gasteiger partial charge in [0, 0.05) is 30.8 Å². The summed E-state index contributed by atoms with van der Waals surface area (Å²) in [6, 6.07) is 7.19. The van der Waals surface area contributed by atoms with E-state index in [1.54, 1.807) is 25.3 Å². The van der Waals surface area contributed by atoms with Crippen molar-refractivity contribution in [2.45, 2.75) is 12.5 Å². The lowest BCUT2D eigenvalue weighted by molar-refractivity contribution is -0.119. The summed E-state index contributed by atoms with van der Waals surface area (Å²) in [5.41, 5.74) is 0.687.